The Bertz CT molecular complexity index is 157. The third-order valence-electron chi connectivity index (χ3n) is 2.06. The van der Waals surface area contributed by atoms with E-state index in [0.717, 1.165) is 24.3 Å². The molecule has 12 heavy (non-hydrogen) atoms. The zero-order valence-electron chi connectivity index (χ0n) is 6.83. The second-order valence-electron chi connectivity index (χ2n) is 3.12. The first-order valence-corrected chi connectivity index (χ1v) is 5.30. The van der Waals surface area contributed by atoms with E-state index < -0.39 is 12.1 Å². The van der Waals surface area contributed by atoms with Crippen molar-refractivity contribution in [1.82, 2.24) is 0 Å². The summed E-state index contributed by atoms with van der Waals surface area (Å²) in [5.41, 5.74) is 0. The Morgan fingerprint density at radius 2 is 2.50 bits per heavy atom. The standard InChI is InChI=1S/C8H13FO2S/c9-7(8(10)11)4-6-2-1-3-12-5-6/h6-7H,1-5H2,(H,10,11). The van der Waals surface area contributed by atoms with Crippen LogP contribution in [-0.4, -0.2) is 28.8 Å². The first kappa shape index (κ1) is 9.84. The van der Waals surface area contributed by atoms with Gasteiger partial charge in [0.05, 0.1) is 0 Å². The molecule has 1 aliphatic heterocycles. The van der Waals surface area contributed by atoms with E-state index in [-0.39, 0.29) is 12.3 Å². The molecule has 0 spiro atoms. The van der Waals surface area contributed by atoms with Crippen LogP contribution >= 0.6 is 11.8 Å². The number of rotatable bonds is 3. The van der Waals surface area contributed by atoms with E-state index in [0.29, 0.717) is 0 Å². The molecule has 1 fully saturated rings. The van der Waals surface area contributed by atoms with Gasteiger partial charge in [0.15, 0.2) is 6.17 Å². The van der Waals surface area contributed by atoms with E-state index in [2.05, 4.69) is 0 Å². The Labute approximate surface area is 75.5 Å². The van der Waals surface area contributed by atoms with Crippen molar-refractivity contribution in [1.29, 1.82) is 0 Å². The van der Waals surface area contributed by atoms with E-state index in [4.69, 9.17) is 5.11 Å². The van der Waals surface area contributed by atoms with Gasteiger partial charge in [0, 0.05) is 0 Å². The molecule has 0 aromatic carbocycles. The molecule has 0 aliphatic carbocycles. The molecule has 2 unspecified atom stereocenters. The molecule has 0 amide bonds. The summed E-state index contributed by atoms with van der Waals surface area (Å²) in [6.45, 7) is 0. The quantitative estimate of drug-likeness (QED) is 0.742. The van der Waals surface area contributed by atoms with Gasteiger partial charge in [-0.3, -0.25) is 0 Å². The van der Waals surface area contributed by atoms with Crippen LogP contribution in [0.5, 0.6) is 0 Å². The highest BCUT2D eigenvalue weighted by Gasteiger charge is 2.23. The maximum Gasteiger partial charge on any atom is 0.338 e. The smallest absolute Gasteiger partial charge is 0.338 e. The number of aliphatic carboxylic acids is 1. The van der Waals surface area contributed by atoms with Gasteiger partial charge in [-0.15, -0.1) is 0 Å². The second kappa shape index (κ2) is 4.70. The van der Waals surface area contributed by atoms with Gasteiger partial charge < -0.3 is 5.11 Å². The normalized spacial score (nSPS) is 26.6. The van der Waals surface area contributed by atoms with Crippen molar-refractivity contribution in [2.45, 2.75) is 25.4 Å². The van der Waals surface area contributed by atoms with Gasteiger partial charge in [0.2, 0.25) is 0 Å². The molecule has 2 atom stereocenters. The van der Waals surface area contributed by atoms with E-state index >= 15 is 0 Å². The van der Waals surface area contributed by atoms with Crippen LogP contribution in [0.3, 0.4) is 0 Å². The summed E-state index contributed by atoms with van der Waals surface area (Å²) in [4.78, 5) is 10.2. The van der Waals surface area contributed by atoms with Gasteiger partial charge in [0.1, 0.15) is 0 Å². The van der Waals surface area contributed by atoms with Crippen LogP contribution in [0.1, 0.15) is 19.3 Å². The van der Waals surface area contributed by atoms with Crippen molar-refractivity contribution in [2.24, 2.45) is 5.92 Å². The summed E-state index contributed by atoms with van der Waals surface area (Å²) in [6.07, 6.45) is 0.624. The largest absolute Gasteiger partial charge is 0.479 e. The third-order valence-corrected chi connectivity index (χ3v) is 3.35. The predicted octanol–water partition coefficient (Wildman–Crippen LogP) is 1.94. The van der Waals surface area contributed by atoms with Gasteiger partial charge in [-0.2, -0.15) is 11.8 Å². The Kier molecular flexibility index (Phi) is 3.85. The minimum Gasteiger partial charge on any atom is -0.479 e. The van der Waals surface area contributed by atoms with Gasteiger partial charge >= 0.3 is 5.97 Å². The fourth-order valence-electron chi connectivity index (χ4n) is 1.39. The number of halogens is 1. The highest BCUT2D eigenvalue weighted by atomic mass is 32.2. The fourth-order valence-corrected chi connectivity index (χ4v) is 2.56. The summed E-state index contributed by atoms with van der Waals surface area (Å²) in [6, 6.07) is 0. The Morgan fingerprint density at radius 3 is 3.00 bits per heavy atom. The first-order chi connectivity index (χ1) is 5.70. The van der Waals surface area contributed by atoms with Crippen LogP contribution in [0.4, 0.5) is 4.39 Å². The number of hydrogen-bond acceptors (Lipinski definition) is 2. The fraction of sp³-hybridized carbons (Fsp3) is 0.875. The number of alkyl halides is 1. The molecule has 2 nitrogen and oxygen atoms in total. The Hall–Kier alpha value is -0.250. The van der Waals surface area contributed by atoms with Gasteiger partial charge in [-0.25, -0.2) is 9.18 Å². The number of carboxylic acids is 1. The summed E-state index contributed by atoms with van der Waals surface area (Å²) < 4.78 is 12.7. The molecular weight excluding hydrogens is 179 g/mol. The maximum absolute atomic E-state index is 12.7. The van der Waals surface area contributed by atoms with Gasteiger partial charge in [0.25, 0.3) is 0 Å². The molecule has 0 saturated carbocycles. The van der Waals surface area contributed by atoms with Crippen molar-refractivity contribution in [3.8, 4) is 0 Å². The lowest BCUT2D eigenvalue weighted by Crippen LogP contribution is -2.21. The highest BCUT2D eigenvalue weighted by molar-refractivity contribution is 7.99. The molecule has 1 aliphatic rings. The molecule has 4 heteroatoms. The van der Waals surface area contributed by atoms with E-state index in [1.54, 1.807) is 11.8 Å². The average Bonchev–Trinajstić information content (AvgIpc) is 2.06. The van der Waals surface area contributed by atoms with Crippen LogP contribution in [-0.2, 0) is 4.79 Å². The van der Waals surface area contributed by atoms with Crippen LogP contribution < -0.4 is 0 Å². The zero-order valence-corrected chi connectivity index (χ0v) is 7.65. The van der Waals surface area contributed by atoms with E-state index in [1.165, 1.54) is 0 Å². The third kappa shape index (κ3) is 3.01. The molecule has 1 saturated heterocycles. The van der Waals surface area contributed by atoms with Crippen LogP contribution in [0.15, 0.2) is 0 Å². The van der Waals surface area contributed by atoms with Crippen molar-refractivity contribution in [3.05, 3.63) is 0 Å². The SMILES string of the molecule is O=C(O)C(F)CC1CCCSC1. The van der Waals surface area contributed by atoms with Crippen molar-refractivity contribution in [3.63, 3.8) is 0 Å². The second-order valence-corrected chi connectivity index (χ2v) is 4.27. The number of thioether (sulfide) groups is 1. The van der Waals surface area contributed by atoms with Crippen LogP contribution in [0.2, 0.25) is 0 Å². The Morgan fingerprint density at radius 1 is 1.75 bits per heavy atom. The molecule has 0 radical (unpaired) electrons. The minimum atomic E-state index is -1.66. The molecule has 0 aromatic heterocycles. The molecule has 0 aromatic rings. The first-order valence-electron chi connectivity index (χ1n) is 4.14. The lowest BCUT2D eigenvalue weighted by Gasteiger charge is -2.21. The Balaban J connectivity index is 2.24. The zero-order chi connectivity index (χ0) is 8.97. The maximum atomic E-state index is 12.7. The topological polar surface area (TPSA) is 37.3 Å². The lowest BCUT2D eigenvalue weighted by atomic mass is 9.99. The monoisotopic (exact) mass is 192 g/mol. The molecule has 1 rings (SSSR count). The van der Waals surface area contributed by atoms with Gasteiger partial charge in [-0.05, 0) is 36.7 Å². The van der Waals surface area contributed by atoms with Gasteiger partial charge in [-0.1, -0.05) is 0 Å². The number of hydrogen-bond donors (Lipinski definition) is 1. The van der Waals surface area contributed by atoms with Crippen molar-refractivity contribution >= 4 is 17.7 Å². The van der Waals surface area contributed by atoms with E-state index in [1.807, 2.05) is 0 Å². The summed E-state index contributed by atoms with van der Waals surface area (Å²) in [5.74, 6) is 1.02. The highest BCUT2D eigenvalue weighted by Crippen LogP contribution is 2.26. The number of carbonyl (C=O) groups is 1. The molecule has 70 valence electrons. The molecule has 1 N–H and O–H groups in total. The minimum absolute atomic E-state index is 0.197. The molecular formula is C8H13FO2S. The molecule has 0 bridgehead atoms. The van der Waals surface area contributed by atoms with Crippen molar-refractivity contribution < 1.29 is 14.3 Å². The van der Waals surface area contributed by atoms with Crippen molar-refractivity contribution in [2.75, 3.05) is 11.5 Å². The summed E-state index contributed by atoms with van der Waals surface area (Å²) in [5, 5.41) is 8.33. The molecule has 1 heterocycles. The predicted molar refractivity (Wildman–Crippen MR) is 47.2 cm³/mol. The lowest BCUT2D eigenvalue weighted by molar-refractivity contribution is -0.143. The van der Waals surface area contributed by atoms with Crippen LogP contribution in [0.25, 0.3) is 0 Å². The summed E-state index contributed by atoms with van der Waals surface area (Å²) in [7, 11) is 0. The van der Waals surface area contributed by atoms with E-state index in [9.17, 15) is 9.18 Å². The number of carboxylic acid groups (broad SMARTS) is 1. The van der Waals surface area contributed by atoms with Crippen LogP contribution in [0, 0.1) is 5.92 Å². The average molecular weight is 192 g/mol. The summed E-state index contributed by atoms with van der Waals surface area (Å²) >= 11 is 1.80.